The topological polar surface area (TPSA) is 40.1 Å². The standard InChI is InChI=1S/C8H15FO2.K/c1-7(9)5-3-2-4-6-8(10)11;/h7H,2-6H2,1H3,(H,10,11);/q;+1/p-1. The number of carboxylic acids is 1. The molecule has 12 heavy (non-hydrogen) atoms. The van der Waals surface area contributed by atoms with Gasteiger partial charge in [-0.15, -0.1) is 0 Å². The van der Waals surface area contributed by atoms with E-state index in [1.165, 1.54) is 6.92 Å². The minimum absolute atomic E-state index is 0. The van der Waals surface area contributed by atoms with E-state index in [1.807, 2.05) is 0 Å². The van der Waals surface area contributed by atoms with E-state index in [0.717, 1.165) is 12.8 Å². The number of carbonyl (C=O) groups excluding carboxylic acids is 1. The summed E-state index contributed by atoms with van der Waals surface area (Å²) in [6, 6.07) is 0. The van der Waals surface area contributed by atoms with Crippen molar-refractivity contribution >= 4 is 5.97 Å². The molecule has 66 valence electrons. The first-order valence-electron chi connectivity index (χ1n) is 3.97. The molecule has 0 radical (unpaired) electrons. The van der Waals surface area contributed by atoms with Crippen LogP contribution in [0.5, 0.6) is 0 Å². The first kappa shape index (κ1) is 15.5. The zero-order chi connectivity index (χ0) is 8.69. The van der Waals surface area contributed by atoms with Gasteiger partial charge in [0, 0.05) is 5.97 Å². The van der Waals surface area contributed by atoms with Crippen LogP contribution in [-0.2, 0) is 4.79 Å². The maximum Gasteiger partial charge on any atom is 1.00 e. The van der Waals surface area contributed by atoms with Crippen molar-refractivity contribution in [2.45, 2.75) is 45.2 Å². The van der Waals surface area contributed by atoms with Gasteiger partial charge in [0.1, 0.15) is 0 Å². The van der Waals surface area contributed by atoms with E-state index in [2.05, 4.69) is 0 Å². The number of halogens is 1. The van der Waals surface area contributed by atoms with Gasteiger partial charge in [0.15, 0.2) is 0 Å². The maximum atomic E-state index is 12.2. The number of alkyl halides is 1. The van der Waals surface area contributed by atoms with Gasteiger partial charge in [-0.05, 0) is 26.2 Å². The Morgan fingerprint density at radius 2 is 2.00 bits per heavy atom. The van der Waals surface area contributed by atoms with Crippen LogP contribution in [0.1, 0.15) is 39.0 Å². The summed E-state index contributed by atoms with van der Waals surface area (Å²) in [4.78, 5) is 9.91. The zero-order valence-electron chi connectivity index (χ0n) is 7.81. The molecule has 0 amide bonds. The molecular weight excluding hydrogens is 186 g/mol. The molecule has 2 nitrogen and oxygen atoms in total. The molecule has 0 aliphatic carbocycles. The Bertz CT molecular complexity index is 118. The summed E-state index contributed by atoms with van der Waals surface area (Å²) in [5, 5.41) is 9.91. The Labute approximate surface area is 115 Å². The molecule has 0 aromatic rings. The van der Waals surface area contributed by atoms with E-state index < -0.39 is 12.1 Å². The predicted octanol–water partition coefficient (Wildman–Crippen LogP) is -1.95. The fourth-order valence-electron chi connectivity index (χ4n) is 0.872. The summed E-state index contributed by atoms with van der Waals surface area (Å²) < 4.78 is 12.2. The van der Waals surface area contributed by atoms with Crippen molar-refractivity contribution in [3.05, 3.63) is 0 Å². The summed E-state index contributed by atoms with van der Waals surface area (Å²) >= 11 is 0. The third-order valence-corrected chi connectivity index (χ3v) is 1.48. The smallest absolute Gasteiger partial charge is 0.550 e. The first-order chi connectivity index (χ1) is 5.13. The van der Waals surface area contributed by atoms with Gasteiger partial charge in [0.2, 0.25) is 0 Å². The van der Waals surface area contributed by atoms with Crippen LogP contribution in [-0.4, -0.2) is 12.1 Å². The monoisotopic (exact) mass is 200 g/mol. The number of rotatable bonds is 6. The molecule has 0 aromatic carbocycles. The van der Waals surface area contributed by atoms with Crippen molar-refractivity contribution in [3.63, 3.8) is 0 Å². The van der Waals surface area contributed by atoms with Crippen LogP contribution in [0, 0.1) is 0 Å². The molecule has 0 heterocycles. The van der Waals surface area contributed by atoms with Gasteiger partial charge in [0.25, 0.3) is 0 Å². The Balaban J connectivity index is 0. The number of hydrogen-bond donors (Lipinski definition) is 0. The Hall–Kier alpha value is 1.04. The van der Waals surface area contributed by atoms with E-state index in [0.29, 0.717) is 12.8 Å². The number of carboxylic acid groups (broad SMARTS) is 1. The molecule has 0 N–H and O–H groups in total. The zero-order valence-corrected chi connectivity index (χ0v) is 10.9. The van der Waals surface area contributed by atoms with Gasteiger partial charge < -0.3 is 9.90 Å². The van der Waals surface area contributed by atoms with Crippen LogP contribution in [0.15, 0.2) is 0 Å². The van der Waals surface area contributed by atoms with Crippen LogP contribution in [0.3, 0.4) is 0 Å². The first-order valence-corrected chi connectivity index (χ1v) is 3.97. The van der Waals surface area contributed by atoms with E-state index in [1.54, 1.807) is 0 Å². The molecule has 0 fully saturated rings. The molecule has 0 rings (SSSR count). The van der Waals surface area contributed by atoms with E-state index in [-0.39, 0.29) is 57.8 Å². The number of unbranched alkanes of at least 4 members (excludes halogenated alkanes) is 2. The molecule has 4 heteroatoms. The summed E-state index contributed by atoms with van der Waals surface area (Å²) in [6.07, 6.45) is 2.02. The predicted molar refractivity (Wildman–Crippen MR) is 38.7 cm³/mol. The third-order valence-electron chi connectivity index (χ3n) is 1.48. The van der Waals surface area contributed by atoms with Crippen molar-refractivity contribution in [1.82, 2.24) is 0 Å². The van der Waals surface area contributed by atoms with Crippen LogP contribution in [0.2, 0.25) is 0 Å². The van der Waals surface area contributed by atoms with Crippen molar-refractivity contribution in [1.29, 1.82) is 0 Å². The fraction of sp³-hybridized carbons (Fsp3) is 0.875. The molecule has 0 aliphatic rings. The van der Waals surface area contributed by atoms with Crippen LogP contribution >= 0.6 is 0 Å². The van der Waals surface area contributed by atoms with Crippen LogP contribution < -0.4 is 56.5 Å². The van der Waals surface area contributed by atoms with Gasteiger partial charge in [0.05, 0.1) is 6.17 Å². The van der Waals surface area contributed by atoms with Crippen molar-refractivity contribution in [2.24, 2.45) is 0 Å². The molecule has 0 bridgehead atoms. The summed E-state index contributed by atoms with van der Waals surface area (Å²) in [6.45, 7) is 1.51. The van der Waals surface area contributed by atoms with E-state index >= 15 is 0 Å². The van der Waals surface area contributed by atoms with Gasteiger partial charge >= 0.3 is 51.4 Å². The number of carbonyl (C=O) groups is 1. The molecule has 0 aliphatic heterocycles. The molecular formula is C8H14FKO2. The molecule has 0 aromatic heterocycles. The van der Waals surface area contributed by atoms with E-state index in [4.69, 9.17) is 0 Å². The van der Waals surface area contributed by atoms with Crippen molar-refractivity contribution < 1.29 is 65.7 Å². The number of aliphatic carboxylic acids is 1. The van der Waals surface area contributed by atoms with E-state index in [9.17, 15) is 14.3 Å². The Morgan fingerprint density at radius 1 is 1.42 bits per heavy atom. The van der Waals surface area contributed by atoms with Crippen LogP contribution in [0.25, 0.3) is 0 Å². The largest absolute Gasteiger partial charge is 1.00 e. The van der Waals surface area contributed by atoms with Gasteiger partial charge in [-0.25, -0.2) is 4.39 Å². The van der Waals surface area contributed by atoms with Crippen molar-refractivity contribution in [3.8, 4) is 0 Å². The quantitative estimate of drug-likeness (QED) is 0.369. The molecule has 1 atom stereocenters. The van der Waals surface area contributed by atoms with Gasteiger partial charge in [-0.1, -0.05) is 12.8 Å². The minimum atomic E-state index is -1.02. The minimum Gasteiger partial charge on any atom is -0.550 e. The Kier molecular flexibility index (Phi) is 13.1. The second-order valence-corrected chi connectivity index (χ2v) is 2.75. The second-order valence-electron chi connectivity index (χ2n) is 2.75. The third kappa shape index (κ3) is 13.6. The average Bonchev–Trinajstić information content (AvgIpc) is 1.85. The fourth-order valence-corrected chi connectivity index (χ4v) is 0.872. The maximum absolute atomic E-state index is 12.2. The normalized spacial score (nSPS) is 11.8. The molecule has 0 saturated carbocycles. The Morgan fingerprint density at radius 3 is 2.42 bits per heavy atom. The molecule has 0 saturated heterocycles. The summed E-state index contributed by atoms with van der Waals surface area (Å²) in [5.74, 6) is -1.02. The average molecular weight is 200 g/mol. The SMILES string of the molecule is CC(F)CCCCCC(=O)[O-].[K+]. The van der Waals surface area contributed by atoms with Gasteiger partial charge in [-0.2, -0.15) is 0 Å². The summed E-state index contributed by atoms with van der Waals surface area (Å²) in [7, 11) is 0. The molecule has 1 unspecified atom stereocenters. The van der Waals surface area contributed by atoms with Crippen LogP contribution in [0.4, 0.5) is 4.39 Å². The summed E-state index contributed by atoms with van der Waals surface area (Å²) in [5.41, 5.74) is 0. The van der Waals surface area contributed by atoms with Gasteiger partial charge in [-0.3, -0.25) is 0 Å². The molecule has 0 spiro atoms. The second kappa shape index (κ2) is 10.1. The van der Waals surface area contributed by atoms with Crippen molar-refractivity contribution in [2.75, 3.05) is 0 Å². The number of hydrogen-bond acceptors (Lipinski definition) is 2.